The van der Waals surface area contributed by atoms with Crippen LogP contribution in [0, 0.1) is 0 Å². The highest BCUT2D eigenvalue weighted by molar-refractivity contribution is 5.98. The highest BCUT2D eigenvalue weighted by Gasteiger charge is 2.15. The average molecular weight is 286 g/mol. The van der Waals surface area contributed by atoms with Crippen molar-refractivity contribution in [1.82, 2.24) is 0 Å². The fourth-order valence-electron chi connectivity index (χ4n) is 2.14. The Balaban J connectivity index is 2.26. The summed E-state index contributed by atoms with van der Waals surface area (Å²) in [7, 11) is 4.75. The number of carbonyl (C=O) groups excluding carboxylic acids is 1. The average Bonchev–Trinajstić information content (AvgIpc) is 2.55. The summed E-state index contributed by atoms with van der Waals surface area (Å²) >= 11 is 0. The van der Waals surface area contributed by atoms with E-state index in [2.05, 4.69) is 0 Å². The molecular formula is C17H18O4. The smallest absolute Gasteiger partial charge is 0.167 e. The van der Waals surface area contributed by atoms with Crippen LogP contribution < -0.4 is 14.2 Å². The van der Waals surface area contributed by atoms with Crippen molar-refractivity contribution >= 4 is 5.78 Å². The van der Waals surface area contributed by atoms with Gasteiger partial charge in [-0.15, -0.1) is 0 Å². The lowest BCUT2D eigenvalue weighted by atomic mass is 10.0. The van der Waals surface area contributed by atoms with E-state index < -0.39 is 0 Å². The Hall–Kier alpha value is -2.49. The summed E-state index contributed by atoms with van der Waals surface area (Å²) in [5.74, 6) is 2.02. The summed E-state index contributed by atoms with van der Waals surface area (Å²) in [5, 5.41) is 0. The lowest BCUT2D eigenvalue weighted by Crippen LogP contribution is -2.06. The summed E-state index contributed by atoms with van der Waals surface area (Å²) in [5.41, 5.74) is 1.38. The van der Waals surface area contributed by atoms with Gasteiger partial charge in [0.25, 0.3) is 0 Å². The topological polar surface area (TPSA) is 44.8 Å². The Bertz CT molecular complexity index is 595. The van der Waals surface area contributed by atoms with Gasteiger partial charge in [-0.05, 0) is 36.4 Å². The van der Waals surface area contributed by atoms with Crippen LogP contribution in [0.5, 0.6) is 17.2 Å². The molecule has 0 aromatic heterocycles. The molecule has 2 aromatic carbocycles. The Morgan fingerprint density at radius 3 is 1.90 bits per heavy atom. The van der Waals surface area contributed by atoms with Gasteiger partial charge in [-0.2, -0.15) is 0 Å². The first-order chi connectivity index (χ1) is 10.2. The molecule has 0 fully saturated rings. The minimum Gasteiger partial charge on any atom is -0.497 e. The van der Waals surface area contributed by atoms with E-state index in [9.17, 15) is 4.79 Å². The van der Waals surface area contributed by atoms with Crippen molar-refractivity contribution < 1.29 is 19.0 Å². The van der Waals surface area contributed by atoms with Gasteiger partial charge in [-0.25, -0.2) is 0 Å². The summed E-state index contributed by atoms with van der Waals surface area (Å²) in [6, 6.07) is 12.5. The van der Waals surface area contributed by atoms with Crippen LogP contribution in [0.1, 0.15) is 15.9 Å². The van der Waals surface area contributed by atoms with Crippen LogP contribution in [-0.2, 0) is 6.42 Å². The fraction of sp³-hybridized carbons (Fsp3) is 0.235. The number of Topliss-reactive ketones (excluding diaryl/α,β-unsaturated/α-hetero) is 1. The molecule has 0 aliphatic carbocycles. The predicted octanol–water partition coefficient (Wildman–Crippen LogP) is 3.14. The third-order valence-electron chi connectivity index (χ3n) is 3.28. The number of hydrogen-bond donors (Lipinski definition) is 0. The third-order valence-corrected chi connectivity index (χ3v) is 3.28. The van der Waals surface area contributed by atoms with Gasteiger partial charge in [0.1, 0.15) is 17.2 Å². The van der Waals surface area contributed by atoms with E-state index in [4.69, 9.17) is 14.2 Å². The molecule has 0 bridgehead atoms. The predicted molar refractivity (Wildman–Crippen MR) is 80.6 cm³/mol. The summed E-state index contributed by atoms with van der Waals surface area (Å²) in [6.07, 6.45) is 0.222. The maximum atomic E-state index is 12.4. The van der Waals surface area contributed by atoms with E-state index >= 15 is 0 Å². The van der Waals surface area contributed by atoms with Gasteiger partial charge >= 0.3 is 0 Å². The largest absolute Gasteiger partial charge is 0.497 e. The first kappa shape index (κ1) is 14.9. The summed E-state index contributed by atoms with van der Waals surface area (Å²) in [4.78, 5) is 12.4. The zero-order valence-corrected chi connectivity index (χ0v) is 12.4. The molecule has 0 atom stereocenters. The molecule has 0 heterocycles. The van der Waals surface area contributed by atoms with Gasteiger partial charge in [0.05, 0.1) is 21.3 Å². The molecule has 110 valence electrons. The Morgan fingerprint density at radius 2 is 1.43 bits per heavy atom. The number of hydrogen-bond acceptors (Lipinski definition) is 4. The minimum atomic E-state index is 0.000420. The Kier molecular flexibility index (Phi) is 4.82. The molecule has 4 nitrogen and oxygen atoms in total. The maximum Gasteiger partial charge on any atom is 0.167 e. The van der Waals surface area contributed by atoms with Crippen molar-refractivity contribution in [2.75, 3.05) is 21.3 Å². The van der Waals surface area contributed by atoms with Gasteiger partial charge < -0.3 is 14.2 Å². The van der Waals surface area contributed by atoms with Crippen LogP contribution in [0.25, 0.3) is 0 Å². The van der Waals surface area contributed by atoms with Crippen LogP contribution in [0.2, 0.25) is 0 Å². The van der Waals surface area contributed by atoms with Crippen molar-refractivity contribution in [2.45, 2.75) is 6.42 Å². The molecule has 2 aromatic rings. The van der Waals surface area contributed by atoms with Crippen LogP contribution in [0.3, 0.4) is 0 Å². The molecule has 0 aliphatic heterocycles. The van der Waals surface area contributed by atoms with Crippen molar-refractivity contribution in [2.24, 2.45) is 0 Å². The summed E-state index contributed by atoms with van der Waals surface area (Å²) < 4.78 is 15.7. The van der Waals surface area contributed by atoms with E-state index in [1.165, 1.54) is 0 Å². The van der Waals surface area contributed by atoms with Crippen molar-refractivity contribution in [3.05, 3.63) is 53.6 Å². The van der Waals surface area contributed by atoms with Gasteiger partial charge in [-0.1, -0.05) is 6.07 Å². The van der Waals surface area contributed by atoms with Crippen LogP contribution in [-0.4, -0.2) is 27.1 Å². The SMILES string of the molecule is COc1ccc(C(=O)Cc2c(OC)cccc2OC)cc1. The maximum absolute atomic E-state index is 12.4. The highest BCUT2D eigenvalue weighted by Crippen LogP contribution is 2.29. The normalized spacial score (nSPS) is 10.0. The van der Waals surface area contributed by atoms with E-state index in [1.54, 1.807) is 45.6 Å². The molecule has 2 rings (SSSR count). The standard InChI is InChI=1S/C17H18O4/c1-19-13-9-7-12(8-10-13)15(18)11-14-16(20-2)5-4-6-17(14)21-3/h4-10H,11H2,1-3H3. The molecular weight excluding hydrogens is 268 g/mol. The lowest BCUT2D eigenvalue weighted by molar-refractivity contribution is 0.0991. The highest BCUT2D eigenvalue weighted by atomic mass is 16.5. The van der Waals surface area contributed by atoms with Gasteiger partial charge in [0, 0.05) is 17.5 Å². The van der Waals surface area contributed by atoms with Crippen molar-refractivity contribution in [3.8, 4) is 17.2 Å². The first-order valence-electron chi connectivity index (χ1n) is 6.56. The van der Waals surface area contributed by atoms with E-state index in [-0.39, 0.29) is 12.2 Å². The molecule has 0 saturated heterocycles. The minimum absolute atomic E-state index is 0.000420. The second-order valence-corrected chi connectivity index (χ2v) is 4.47. The molecule has 0 saturated carbocycles. The van der Waals surface area contributed by atoms with Crippen LogP contribution >= 0.6 is 0 Å². The second-order valence-electron chi connectivity index (χ2n) is 4.47. The number of carbonyl (C=O) groups is 1. The molecule has 0 radical (unpaired) electrons. The fourth-order valence-corrected chi connectivity index (χ4v) is 2.14. The van der Waals surface area contributed by atoms with Crippen LogP contribution in [0.4, 0.5) is 0 Å². The first-order valence-corrected chi connectivity index (χ1v) is 6.56. The van der Waals surface area contributed by atoms with E-state index in [1.807, 2.05) is 18.2 Å². The molecule has 0 aliphatic rings. The Labute approximate surface area is 124 Å². The number of methoxy groups -OCH3 is 3. The van der Waals surface area contributed by atoms with Crippen molar-refractivity contribution in [1.29, 1.82) is 0 Å². The van der Waals surface area contributed by atoms with Crippen molar-refractivity contribution in [3.63, 3.8) is 0 Å². The number of benzene rings is 2. The molecule has 0 unspecified atom stereocenters. The van der Waals surface area contributed by atoms with Gasteiger partial charge in [-0.3, -0.25) is 4.79 Å². The summed E-state index contributed by atoms with van der Waals surface area (Å²) in [6.45, 7) is 0. The van der Waals surface area contributed by atoms with Crippen LogP contribution in [0.15, 0.2) is 42.5 Å². The zero-order valence-electron chi connectivity index (χ0n) is 12.4. The van der Waals surface area contributed by atoms with E-state index in [0.717, 1.165) is 11.3 Å². The molecule has 0 amide bonds. The quantitative estimate of drug-likeness (QED) is 0.765. The molecule has 0 spiro atoms. The molecule has 0 N–H and O–H groups in total. The Morgan fingerprint density at radius 1 is 0.857 bits per heavy atom. The molecule has 4 heteroatoms. The lowest BCUT2D eigenvalue weighted by Gasteiger charge is -2.12. The number of ether oxygens (including phenoxy) is 3. The van der Waals surface area contributed by atoms with E-state index in [0.29, 0.717) is 17.1 Å². The third kappa shape index (κ3) is 3.34. The number of rotatable bonds is 6. The van der Waals surface area contributed by atoms with Gasteiger partial charge in [0.2, 0.25) is 0 Å². The molecule has 21 heavy (non-hydrogen) atoms. The van der Waals surface area contributed by atoms with Gasteiger partial charge in [0.15, 0.2) is 5.78 Å². The second kappa shape index (κ2) is 6.79. The zero-order chi connectivity index (χ0) is 15.2. The monoisotopic (exact) mass is 286 g/mol. The number of ketones is 1.